The molecule has 26 heavy (non-hydrogen) atoms. The Balaban J connectivity index is 1.47. The molecule has 2 aliphatic rings. The number of carbonyl (C=O) groups excluding carboxylic acids is 1. The van der Waals surface area contributed by atoms with E-state index in [0.29, 0.717) is 24.5 Å². The second kappa shape index (κ2) is 7.79. The molecule has 0 saturated carbocycles. The van der Waals surface area contributed by atoms with E-state index in [-0.39, 0.29) is 18.1 Å². The normalized spacial score (nSPS) is 21.5. The van der Waals surface area contributed by atoms with Crippen LogP contribution in [-0.4, -0.2) is 31.8 Å². The molecule has 1 N–H and O–H groups in total. The summed E-state index contributed by atoms with van der Waals surface area (Å²) in [4.78, 5) is 12.9. The number of amides is 1. The summed E-state index contributed by atoms with van der Waals surface area (Å²) >= 11 is 0. The van der Waals surface area contributed by atoms with Crippen LogP contribution in [0.4, 0.5) is 0 Å². The molecule has 4 rings (SSSR count). The van der Waals surface area contributed by atoms with Gasteiger partial charge in [0.2, 0.25) is 0 Å². The van der Waals surface area contributed by atoms with Crippen LogP contribution in [0, 0.1) is 0 Å². The molecule has 1 fully saturated rings. The fourth-order valence-electron chi connectivity index (χ4n) is 3.47. The fraction of sp³-hybridized carbons (Fsp3) is 0.381. The summed E-state index contributed by atoms with van der Waals surface area (Å²) in [6.45, 7) is 1.86. The van der Waals surface area contributed by atoms with Gasteiger partial charge in [-0.05, 0) is 31.0 Å². The smallest absolute Gasteiger partial charge is 0.255 e. The first-order chi connectivity index (χ1) is 12.8. The first kappa shape index (κ1) is 16.9. The van der Waals surface area contributed by atoms with Crippen molar-refractivity contribution in [1.82, 2.24) is 5.32 Å². The second-order valence-electron chi connectivity index (χ2n) is 6.64. The minimum atomic E-state index is -0.130. The zero-order valence-electron chi connectivity index (χ0n) is 14.6. The summed E-state index contributed by atoms with van der Waals surface area (Å²) < 4.78 is 17.2. The third kappa shape index (κ3) is 3.68. The molecular weight excluding hydrogens is 330 g/mol. The van der Waals surface area contributed by atoms with E-state index in [0.717, 1.165) is 37.2 Å². The zero-order valence-corrected chi connectivity index (χ0v) is 14.6. The van der Waals surface area contributed by atoms with Crippen LogP contribution < -0.4 is 14.8 Å². The standard InChI is InChI=1S/C21H23NO4/c23-21(22-18-11-13-25-19-9-3-1-7-16(18)19)17-8-2-4-10-20(17)26-14-15-6-5-12-24-15/h1-4,7-10,15,18H,5-6,11-14H2,(H,22,23)/t15-,18-/m1/s1. The molecule has 2 heterocycles. The second-order valence-corrected chi connectivity index (χ2v) is 6.64. The highest BCUT2D eigenvalue weighted by molar-refractivity contribution is 5.97. The van der Waals surface area contributed by atoms with Crippen molar-refractivity contribution < 1.29 is 19.0 Å². The molecule has 0 aliphatic carbocycles. The maximum atomic E-state index is 12.9. The van der Waals surface area contributed by atoms with Gasteiger partial charge in [0, 0.05) is 18.6 Å². The number of rotatable bonds is 5. The molecule has 1 amide bonds. The van der Waals surface area contributed by atoms with Gasteiger partial charge in [-0.15, -0.1) is 0 Å². The van der Waals surface area contributed by atoms with E-state index in [1.165, 1.54) is 0 Å². The highest BCUT2D eigenvalue weighted by Crippen LogP contribution is 2.32. The molecule has 2 aromatic rings. The van der Waals surface area contributed by atoms with Crippen LogP contribution >= 0.6 is 0 Å². The number of fused-ring (bicyclic) bond motifs is 1. The van der Waals surface area contributed by atoms with Gasteiger partial charge in [-0.2, -0.15) is 0 Å². The van der Waals surface area contributed by atoms with E-state index in [4.69, 9.17) is 14.2 Å². The quantitative estimate of drug-likeness (QED) is 0.894. The van der Waals surface area contributed by atoms with E-state index in [1.54, 1.807) is 6.07 Å². The Kier molecular flexibility index (Phi) is 5.07. The Morgan fingerprint density at radius 2 is 1.92 bits per heavy atom. The van der Waals surface area contributed by atoms with Crippen molar-refractivity contribution in [1.29, 1.82) is 0 Å². The molecule has 5 nitrogen and oxygen atoms in total. The third-order valence-corrected chi connectivity index (χ3v) is 4.84. The molecule has 0 radical (unpaired) electrons. The summed E-state index contributed by atoms with van der Waals surface area (Å²) in [6.07, 6.45) is 2.95. The average molecular weight is 353 g/mol. The number of hydrogen-bond donors (Lipinski definition) is 1. The van der Waals surface area contributed by atoms with E-state index in [2.05, 4.69) is 5.32 Å². The first-order valence-electron chi connectivity index (χ1n) is 9.17. The number of para-hydroxylation sites is 2. The van der Waals surface area contributed by atoms with Crippen LogP contribution in [0.3, 0.4) is 0 Å². The topological polar surface area (TPSA) is 56.8 Å². The predicted octanol–water partition coefficient (Wildman–Crippen LogP) is 3.50. The third-order valence-electron chi connectivity index (χ3n) is 4.84. The van der Waals surface area contributed by atoms with Crippen molar-refractivity contribution in [2.45, 2.75) is 31.4 Å². The summed E-state index contributed by atoms with van der Waals surface area (Å²) in [5.41, 5.74) is 1.57. The van der Waals surface area contributed by atoms with E-state index >= 15 is 0 Å². The number of hydrogen-bond acceptors (Lipinski definition) is 4. The molecule has 0 aromatic heterocycles. The van der Waals surface area contributed by atoms with Crippen LogP contribution in [0.25, 0.3) is 0 Å². The minimum Gasteiger partial charge on any atom is -0.493 e. The van der Waals surface area contributed by atoms with Crippen LogP contribution in [0.15, 0.2) is 48.5 Å². The summed E-state index contributed by atoms with van der Waals surface area (Å²) in [6, 6.07) is 15.2. The van der Waals surface area contributed by atoms with Gasteiger partial charge in [0.15, 0.2) is 0 Å². The number of nitrogens with one attached hydrogen (secondary N) is 1. The van der Waals surface area contributed by atoms with Gasteiger partial charge in [0.25, 0.3) is 5.91 Å². The van der Waals surface area contributed by atoms with Crippen molar-refractivity contribution in [3.8, 4) is 11.5 Å². The Morgan fingerprint density at radius 1 is 1.08 bits per heavy atom. The Morgan fingerprint density at radius 3 is 2.81 bits per heavy atom. The first-order valence-corrected chi connectivity index (χ1v) is 9.17. The van der Waals surface area contributed by atoms with Crippen molar-refractivity contribution in [3.63, 3.8) is 0 Å². The lowest BCUT2D eigenvalue weighted by molar-refractivity contribution is 0.0669. The van der Waals surface area contributed by atoms with Gasteiger partial charge < -0.3 is 19.5 Å². The van der Waals surface area contributed by atoms with Crippen LogP contribution in [0.5, 0.6) is 11.5 Å². The van der Waals surface area contributed by atoms with Crippen molar-refractivity contribution in [2.24, 2.45) is 0 Å². The number of benzene rings is 2. The molecule has 2 aromatic carbocycles. The van der Waals surface area contributed by atoms with E-state index in [9.17, 15) is 4.79 Å². The molecule has 136 valence electrons. The molecule has 5 heteroatoms. The Hall–Kier alpha value is -2.53. The zero-order chi connectivity index (χ0) is 17.8. The molecule has 0 bridgehead atoms. The SMILES string of the molecule is O=C(N[C@@H]1CCOc2ccccc21)c1ccccc1OC[C@H]1CCCO1. The van der Waals surface area contributed by atoms with Crippen molar-refractivity contribution >= 4 is 5.91 Å². The minimum absolute atomic E-state index is 0.0568. The van der Waals surface area contributed by atoms with Crippen LogP contribution in [0.1, 0.15) is 41.2 Å². The molecular formula is C21H23NO4. The molecule has 0 spiro atoms. The molecule has 2 aliphatic heterocycles. The average Bonchev–Trinajstić information content (AvgIpc) is 3.20. The summed E-state index contributed by atoms with van der Waals surface area (Å²) in [5, 5.41) is 3.13. The lowest BCUT2D eigenvalue weighted by Crippen LogP contribution is -2.32. The van der Waals surface area contributed by atoms with Gasteiger partial charge in [-0.25, -0.2) is 0 Å². The van der Waals surface area contributed by atoms with Crippen LogP contribution in [-0.2, 0) is 4.74 Å². The van der Waals surface area contributed by atoms with Gasteiger partial charge in [0.1, 0.15) is 18.1 Å². The monoisotopic (exact) mass is 353 g/mol. The molecule has 0 unspecified atom stereocenters. The van der Waals surface area contributed by atoms with Gasteiger partial charge in [0.05, 0.1) is 24.3 Å². The van der Waals surface area contributed by atoms with Gasteiger partial charge in [-0.1, -0.05) is 30.3 Å². The highest BCUT2D eigenvalue weighted by atomic mass is 16.5. The molecule has 1 saturated heterocycles. The molecule has 2 atom stereocenters. The largest absolute Gasteiger partial charge is 0.493 e. The van der Waals surface area contributed by atoms with Gasteiger partial charge in [-0.3, -0.25) is 4.79 Å². The summed E-state index contributed by atoms with van der Waals surface area (Å²) in [5.74, 6) is 1.31. The lowest BCUT2D eigenvalue weighted by atomic mass is 10.00. The maximum absolute atomic E-state index is 12.9. The highest BCUT2D eigenvalue weighted by Gasteiger charge is 2.24. The fourth-order valence-corrected chi connectivity index (χ4v) is 3.47. The predicted molar refractivity (Wildman–Crippen MR) is 97.7 cm³/mol. The van der Waals surface area contributed by atoms with Crippen molar-refractivity contribution in [3.05, 3.63) is 59.7 Å². The number of carbonyl (C=O) groups is 1. The van der Waals surface area contributed by atoms with E-state index < -0.39 is 0 Å². The van der Waals surface area contributed by atoms with E-state index in [1.807, 2.05) is 42.5 Å². The Bertz CT molecular complexity index is 770. The summed E-state index contributed by atoms with van der Waals surface area (Å²) in [7, 11) is 0. The lowest BCUT2D eigenvalue weighted by Gasteiger charge is -2.27. The van der Waals surface area contributed by atoms with Crippen LogP contribution in [0.2, 0.25) is 0 Å². The van der Waals surface area contributed by atoms with Gasteiger partial charge >= 0.3 is 0 Å². The Labute approximate surface area is 153 Å². The van der Waals surface area contributed by atoms with Crippen molar-refractivity contribution in [2.75, 3.05) is 19.8 Å². The maximum Gasteiger partial charge on any atom is 0.255 e. The number of ether oxygens (including phenoxy) is 3.